The number of carbonyl (C=O) groups excluding carboxylic acids is 2. The molecule has 186 valence electrons. The summed E-state index contributed by atoms with van der Waals surface area (Å²) in [6, 6.07) is 20.0. The molecule has 0 radical (unpaired) electrons. The number of nitrogens with one attached hydrogen (secondary N) is 1. The molecule has 2 aromatic carbocycles. The van der Waals surface area contributed by atoms with Crippen LogP contribution in [0.2, 0.25) is 0 Å². The first-order valence-corrected chi connectivity index (χ1v) is 12.7. The van der Waals surface area contributed by atoms with Crippen LogP contribution >= 0.6 is 0 Å². The van der Waals surface area contributed by atoms with Gasteiger partial charge in [0.25, 0.3) is 0 Å². The number of hydrogen-bond donors (Lipinski definition) is 1. The van der Waals surface area contributed by atoms with E-state index in [9.17, 15) is 9.59 Å². The SMILES string of the molecule is CN(C)C[C@@H](CC(=O)OCc1ccccc1)NC(=O)CCCCCCCCCc1ccccc1. The largest absolute Gasteiger partial charge is 0.461 e. The molecule has 1 atom stereocenters. The maximum Gasteiger partial charge on any atom is 0.308 e. The lowest BCUT2D eigenvalue weighted by atomic mass is 10.0. The summed E-state index contributed by atoms with van der Waals surface area (Å²) in [6.07, 6.45) is 9.99. The Morgan fingerprint density at radius 2 is 1.35 bits per heavy atom. The van der Waals surface area contributed by atoms with Crippen LogP contribution in [0.4, 0.5) is 0 Å². The number of hydrogen-bond acceptors (Lipinski definition) is 4. The average Bonchev–Trinajstić information content (AvgIpc) is 2.82. The predicted molar refractivity (Wildman–Crippen MR) is 138 cm³/mol. The molecule has 0 aromatic heterocycles. The standard InChI is InChI=1S/C29H42N2O3/c1-31(2)23-27(22-29(33)34-24-26-19-13-9-14-20-26)30-28(32)21-15-7-5-3-4-6-10-16-25-17-11-8-12-18-25/h8-9,11-14,17-20,27H,3-7,10,15-16,21-24H2,1-2H3,(H,30,32)/t27-/m1/s1. The summed E-state index contributed by atoms with van der Waals surface area (Å²) in [5.74, 6) is -0.270. The van der Waals surface area contributed by atoms with Crippen molar-refractivity contribution in [2.45, 2.75) is 76.9 Å². The molecule has 1 amide bonds. The van der Waals surface area contributed by atoms with Gasteiger partial charge in [0, 0.05) is 13.0 Å². The molecule has 5 nitrogen and oxygen atoms in total. The molecule has 0 aliphatic rings. The topological polar surface area (TPSA) is 58.6 Å². The molecule has 5 heteroatoms. The van der Waals surface area contributed by atoms with Crippen molar-refractivity contribution in [3.05, 3.63) is 71.8 Å². The van der Waals surface area contributed by atoms with Crippen LogP contribution in [0.15, 0.2) is 60.7 Å². The van der Waals surface area contributed by atoms with Gasteiger partial charge in [-0.2, -0.15) is 0 Å². The zero-order chi connectivity index (χ0) is 24.4. The number of unbranched alkanes of at least 4 members (excludes halogenated alkanes) is 6. The van der Waals surface area contributed by atoms with Gasteiger partial charge >= 0.3 is 5.97 Å². The monoisotopic (exact) mass is 466 g/mol. The Morgan fingerprint density at radius 3 is 1.97 bits per heavy atom. The van der Waals surface area contributed by atoms with E-state index in [1.165, 1.54) is 37.7 Å². The van der Waals surface area contributed by atoms with E-state index >= 15 is 0 Å². The van der Waals surface area contributed by atoms with E-state index in [0.717, 1.165) is 24.8 Å². The third kappa shape index (κ3) is 13.1. The summed E-state index contributed by atoms with van der Waals surface area (Å²) in [6.45, 7) is 0.865. The van der Waals surface area contributed by atoms with E-state index in [2.05, 4.69) is 35.6 Å². The molecular weight excluding hydrogens is 424 g/mol. The van der Waals surface area contributed by atoms with E-state index < -0.39 is 0 Å². The number of aryl methyl sites for hydroxylation is 1. The van der Waals surface area contributed by atoms with Crippen molar-refractivity contribution in [1.29, 1.82) is 0 Å². The van der Waals surface area contributed by atoms with Crippen molar-refractivity contribution in [3.63, 3.8) is 0 Å². The first-order valence-electron chi connectivity index (χ1n) is 12.7. The lowest BCUT2D eigenvalue weighted by Crippen LogP contribution is -2.43. The number of ether oxygens (including phenoxy) is 1. The second kappa shape index (κ2) is 16.9. The molecule has 0 aliphatic carbocycles. The van der Waals surface area contributed by atoms with Gasteiger partial charge in [-0.05, 0) is 44.5 Å². The highest BCUT2D eigenvalue weighted by molar-refractivity contribution is 5.77. The van der Waals surface area contributed by atoms with Gasteiger partial charge in [0.15, 0.2) is 0 Å². The molecule has 0 spiro atoms. The lowest BCUT2D eigenvalue weighted by Gasteiger charge is -2.22. The summed E-state index contributed by atoms with van der Waals surface area (Å²) in [5, 5.41) is 3.03. The normalized spacial score (nSPS) is 11.9. The zero-order valence-corrected chi connectivity index (χ0v) is 21.0. The van der Waals surface area contributed by atoms with Crippen molar-refractivity contribution in [2.75, 3.05) is 20.6 Å². The molecule has 0 bridgehead atoms. The van der Waals surface area contributed by atoms with Gasteiger partial charge in [-0.25, -0.2) is 0 Å². The number of nitrogens with zero attached hydrogens (tertiary/aromatic N) is 1. The average molecular weight is 467 g/mol. The number of amides is 1. The summed E-state index contributed by atoms with van der Waals surface area (Å²) >= 11 is 0. The highest BCUT2D eigenvalue weighted by Gasteiger charge is 2.18. The molecule has 0 saturated heterocycles. The fourth-order valence-electron chi connectivity index (χ4n) is 4.04. The van der Waals surface area contributed by atoms with Crippen molar-refractivity contribution in [1.82, 2.24) is 10.2 Å². The van der Waals surface area contributed by atoms with E-state index in [0.29, 0.717) is 13.0 Å². The summed E-state index contributed by atoms with van der Waals surface area (Å²) < 4.78 is 5.39. The van der Waals surface area contributed by atoms with Crippen LogP contribution in [0, 0.1) is 0 Å². The summed E-state index contributed by atoms with van der Waals surface area (Å²) in [7, 11) is 3.88. The minimum atomic E-state index is -0.289. The third-order valence-electron chi connectivity index (χ3n) is 5.82. The highest BCUT2D eigenvalue weighted by atomic mass is 16.5. The minimum Gasteiger partial charge on any atom is -0.461 e. The molecule has 0 heterocycles. The van der Waals surface area contributed by atoms with Gasteiger partial charge in [-0.15, -0.1) is 0 Å². The van der Waals surface area contributed by atoms with E-state index in [4.69, 9.17) is 4.74 Å². The van der Waals surface area contributed by atoms with Gasteiger partial charge in [-0.1, -0.05) is 92.8 Å². The molecule has 0 aliphatic heterocycles. The molecule has 0 unspecified atom stereocenters. The number of likely N-dealkylation sites (N-methyl/N-ethyl adjacent to an activating group) is 1. The van der Waals surface area contributed by atoms with Crippen molar-refractivity contribution in [2.24, 2.45) is 0 Å². The van der Waals surface area contributed by atoms with Crippen LogP contribution in [0.1, 0.15) is 68.9 Å². The smallest absolute Gasteiger partial charge is 0.308 e. The third-order valence-corrected chi connectivity index (χ3v) is 5.82. The van der Waals surface area contributed by atoms with Gasteiger partial charge in [0.1, 0.15) is 6.61 Å². The van der Waals surface area contributed by atoms with Crippen LogP contribution in [0.25, 0.3) is 0 Å². The van der Waals surface area contributed by atoms with E-state index in [1.807, 2.05) is 49.3 Å². The fourth-order valence-corrected chi connectivity index (χ4v) is 4.04. The minimum absolute atomic E-state index is 0.0190. The number of benzene rings is 2. The molecule has 0 saturated carbocycles. The quantitative estimate of drug-likeness (QED) is 0.246. The molecular formula is C29H42N2O3. The predicted octanol–water partition coefficient (Wildman–Crippen LogP) is 5.53. The van der Waals surface area contributed by atoms with Crippen LogP contribution in [0.5, 0.6) is 0 Å². The second-order valence-electron chi connectivity index (χ2n) is 9.34. The van der Waals surface area contributed by atoms with E-state index in [1.54, 1.807) is 0 Å². The van der Waals surface area contributed by atoms with Crippen LogP contribution in [-0.4, -0.2) is 43.5 Å². The number of esters is 1. The molecule has 34 heavy (non-hydrogen) atoms. The van der Waals surface area contributed by atoms with Gasteiger partial charge < -0.3 is 15.0 Å². The van der Waals surface area contributed by atoms with Gasteiger partial charge in [0.05, 0.1) is 12.5 Å². The van der Waals surface area contributed by atoms with Crippen molar-refractivity contribution < 1.29 is 14.3 Å². The second-order valence-corrected chi connectivity index (χ2v) is 9.34. The molecule has 2 aromatic rings. The maximum atomic E-state index is 12.4. The highest BCUT2D eigenvalue weighted by Crippen LogP contribution is 2.12. The van der Waals surface area contributed by atoms with Gasteiger partial charge in [0.2, 0.25) is 5.91 Å². The number of rotatable bonds is 17. The molecule has 1 N–H and O–H groups in total. The molecule has 0 fully saturated rings. The Kier molecular flexibility index (Phi) is 13.7. The number of carbonyl (C=O) groups is 2. The first-order chi connectivity index (χ1) is 16.5. The Labute approximate surface area is 205 Å². The van der Waals surface area contributed by atoms with Crippen LogP contribution in [-0.2, 0) is 27.4 Å². The lowest BCUT2D eigenvalue weighted by molar-refractivity contribution is -0.145. The zero-order valence-electron chi connectivity index (χ0n) is 21.0. The Bertz CT molecular complexity index is 809. The van der Waals surface area contributed by atoms with Crippen LogP contribution < -0.4 is 5.32 Å². The van der Waals surface area contributed by atoms with Gasteiger partial charge in [-0.3, -0.25) is 9.59 Å². The van der Waals surface area contributed by atoms with Crippen LogP contribution in [0.3, 0.4) is 0 Å². The summed E-state index contributed by atoms with van der Waals surface area (Å²) in [4.78, 5) is 26.7. The molecule has 2 rings (SSSR count). The van der Waals surface area contributed by atoms with Crippen molar-refractivity contribution in [3.8, 4) is 0 Å². The van der Waals surface area contributed by atoms with E-state index in [-0.39, 0.29) is 30.9 Å². The Hall–Kier alpha value is -2.66. The Balaban J connectivity index is 1.54. The first kappa shape index (κ1) is 27.6. The summed E-state index contributed by atoms with van der Waals surface area (Å²) in [5.41, 5.74) is 2.38. The Morgan fingerprint density at radius 1 is 0.794 bits per heavy atom. The maximum absolute atomic E-state index is 12.4. The fraction of sp³-hybridized carbons (Fsp3) is 0.517. The van der Waals surface area contributed by atoms with Crippen molar-refractivity contribution >= 4 is 11.9 Å².